The highest BCUT2D eigenvalue weighted by molar-refractivity contribution is 8.77. The van der Waals surface area contributed by atoms with Crippen molar-refractivity contribution in [2.75, 3.05) is 31.2 Å². The van der Waals surface area contributed by atoms with Gasteiger partial charge in [-0.2, -0.15) is 0 Å². The molecule has 4 heterocycles. The Morgan fingerprint density at radius 3 is 2.43 bits per heavy atom. The third-order valence-corrected chi connectivity index (χ3v) is 15.9. The molecule has 10 atom stereocenters. The number of imidazole rings is 1. The van der Waals surface area contributed by atoms with Gasteiger partial charge in [-0.1, -0.05) is 71.7 Å². The minimum absolute atomic E-state index is 0.0268. The fraction of sp³-hybridized carbons (Fsp3) is 0.578. The average Bonchev–Trinajstić information content (AvgIpc) is 4.08. The van der Waals surface area contributed by atoms with Gasteiger partial charge in [0.05, 0.1) is 19.5 Å². The summed E-state index contributed by atoms with van der Waals surface area (Å²) in [5.74, 6) is -1.94. The zero-order chi connectivity index (χ0) is 59.7. The minimum atomic E-state index is -5.25. The van der Waals surface area contributed by atoms with Crippen LogP contribution in [0.5, 0.6) is 0 Å². The first-order chi connectivity index (χ1) is 38.1. The summed E-state index contributed by atoms with van der Waals surface area (Å²) in [6.07, 6.45) is -7.69. The molecule has 32 nitrogen and oxygen atoms in total. The molecule has 2 saturated heterocycles. The van der Waals surface area contributed by atoms with Crippen molar-refractivity contribution in [3.8, 4) is 0 Å². The summed E-state index contributed by atoms with van der Waals surface area (Å²) in [6, 6.07) is 3.82. The van der Waals surface area contributed by atoms with E-state index < -0.39 is 120 Å². The first-order valence-corrected chi connectivity index (χ1v) is 29.6. The fourth-order valence-corrected chi connectivity index (χ4v) is 11.2. The lowest BCUT2D eigenvalue weighted by atomic mass is 10.1. The number of ether oxygens (including phenoxy) is 5. The Hall–Kier alpha value is -5.96. The summed E-state index contributed by atoms with van der Waals surface area (Å²) in [5, 5.41) is 30.7. The molecule has 2 fully saturated rings. The maximum absolute atomic E-state index is 14.3. The molecule has 5 rings (SSSR count). The molecule has 12 N–H and O–H groups in total. The molecule has 2 aliphatic heterocycles. The van der Waals surface area contributed by atoms with E-state index in [1.54, 1.807) is 45.0 Å². The number of azide groups is 1. The molecule has 4 amide bonds. The number of fused-ring (bicyclic) bond motifs is 1. The van der Waals surface area contributed by atoms with E-state index in [0.717, 1.165) is 23.5 Å². The third-order valence-electron chi connectivity index (χ3n) is 11.1. The summed E-state index contributed by atoms with van der Waals surface area (Å²) in [4.78, 5) is 112. The Balaban J connectivity index is 1.30. The molecular weight excluding hydrogens is 1150 g/mol. The van der Waals surface area contributed by atoms with Gasteiger partial charge in [-0.05, 0) is 57.2 Å². The normalized spacial score (nSPS) is 21.6. The van der Waals surface area contributed by atoms with Crippen molar-refractivity contribution in [1.82, 2.24) is 40.4 Å². The maximum Gasteiger partial charge on any atom is 0.472 e. The Labute approximate surface area is 473 Å². The molecule has 2 aliphatic rings. The molecule has 81 heavy (non-hydrogen) atoms. The number of carbonyl (C=O) groups excluding carboxylic acids is 5. The lowest BCUT2D eigenvalue weighted by Crippen LogP contribution is -2.48. The van der Waals surface area contributed by atoms with Crippen LogP contribution >= 0.6 is 38.0 Å². The number of carbonyl (C=O) groups is 5. The fourth-order valence-electron chi connectivity index (χ4n) is 7.53. The summed E-state index contributed by atoms with van der Waals surface area (Å²) >= 11 is 0. The number of amides is 4. The number of hydrogen-bond acceptors (Lipinski definition) is 25. The second-order valence-corrected chi connectivity index (χ2v) is 25.1. The van der Waals surface area contributed by atoms with Gasteiger partial charge in [-0.15, -0.1) is 0 Å². The van der Waals surface area contributed by atoms with Crippen LogP contribution in [0.25, 0.3) is 21.6 Å². The number of nitrogens with zero attached hydrogens (tertiary/aromatic N) is 8. The van der Waals surface area contributed by atoms with E-state index in [1.165, 1.54) is 32.5 Å². The molecule has 3 aromatic rings. The van der Waals surface area contributed by atoms with E-state index in [4.69, 9.17) is 59.7 Å². The van der Waals surface area contributed by atoms with E-state index in [0.29, 0.717) is 17.7 Å². The van der Waals surface area contributed by atoms with Crippen LogP contribution < -0.4 is 27.4 Å². The number of hydrogen-bond donors (Lipinski definition) is 10. The SMILES string of the molecule is CC(C)(C)OC(=O)N[C@@H](CCCCNC(=O)[C@H](CSSC(C)(C)C)NC(=O)OCc1ccc(N=[N+]=[N-])cc1)C(=O)O[C@H]1[C@@H](O)[C@H](n2cnc3c(N)ncnc32)O[C@@H]1COP(=O)(O)O[C@H]1C[C@H](N(C=O)/C=C\C(=N)N)O[C@@H]1COP(O)O. The first-order valence-electron chi connectivity index (χ1n) is 24.6. The molecule has 0 aliphatic carbocycles. The lowest BCUT2D eigenvalue weighted by Gasteiger charge is -2.26. The van der Waals surface area contributed by atoms with E-state index >= 15 is 0 Å². The van der Waals surface area contributed by atoms with Crippen LogP contribution in [0.4, 0.5) is 21.1 Å². The number of aliphatic hydroxyl groups is 1. The van der Waals surface area contributed by atoms with Crippen LogP contribution in [0.3, 0.4) is 0 Å². The minimum Gasteiger partial charge on any atom is -0.455 e. The largest absolute Gasteiger partial charge is 0.472 e. The maximum atomic E-state index is 14.3. The van der Waals surface area contributed by atoms with Crippen molar-refractivity contribution in [2.24, 2.45) is 10.8 Å². The number of phosphoric acid groups is 1. The van der Waals surface area contributed by atoms with Crippen molar-refractivity contribution in [2.45, 2.75) is 139 Å². The summed E-state index contributed by atoms with van der Waals surface area (Å²) < 4.78 is 59.1. The summed E-state index contributed by atoms with van der Waals surface area (Å²) in [6.45, 7) is 9.12. The van der Waals surface area contributed by atoms with Gasteiger partial charge in [0.1, 0.15) is 72.6 Å². The Morgan fingerprint density at radius 2 is 1.78 bits per heavy atom. The molecule has 446 valence electrons. The smallest absolute Gasteiger partial charge is 0.455 e. The van der Waals surface area contributed by atoms with Gasteiger partial charge < -0.3 is 75.4 Å². The van der Waals surface area contributed by atoms with Gasteiger partial charge in [-0.25, -0.2) is 33.9 Å². The third kappa shape index (κ3) is 21.4. The van der Waals surface area contributed by atoms with Gasteiger partial charge in [0.15, 0.2) is 23.8 Å². The number of alkyl carbamates (subject to hydrolysis) is 2. The van der Waals surface area contributed by atoms with Gasteiger partial charge in [-0.3, -0.25) is 33.5 Å². The van der Waals surface area contributed by atoms with Crippen LogP contribution in [-0.2, 0) is 62.8 Å². The molecule has 0 spiro atoms. The number of aromatic nitrogens is 4. The standard InChI is InChI=1S/C45H66N14O18P2S2/c1-44(2,3)76-43(65)54-27(9-7-8-15-50-39(62)28(21-80-81-45(4,5)6)55-42(64)70-18-25-10-12-26(13-11-25)56-57-49)41(63)75-36-31(74-40(35(36)61)59-23-53-34-37(48)51-22-52-38(34)59)20-72-79(68,69)77-29-17-33(58(24-60)16-14-32(46)47)73-30(29)19-71-78(66)67/h10-14,16,22-24,27-31,33,35-36,40,61,66-67H,7-9,15,17-21H2,1-6H3,(H3,46,47)(H,50,62)(H,54,65)(H,55,64)(H,68,69)(H2,48,51,52)/b16-14-/t27-,28-,29-,30+,31+,33+,35+,36+,40+/m0/s1. The number of nitrogens with one attached hydrogen (secondary N) is 4. The van der Waals surface area contributed by atoms with Gasteiger partial charge in [0, 0.05) is 40.3 Å². The van der Waals surface area contributed by atoms with Crippen molar-refractivity contribution in [1.29, 1.82) is 5.41 Å². The monoisotopic (exact) mass is 1220 g/mol. The Morgan fingerprint density at radius 1 is 1.06 bits per heavy atom. The molecule has 0 bridgehead atoms. The number of aliphatic hydroxyl groups excluding tert-OH is 1. The predicted molar refractivity (Wildman–Crippen MR) is 292 cm³/mol. The van der Waals surface area contributed by atoms with E-state index in [-0.39, 0.29) is 66.3 Å². The number of nitrogens with two attached hydrogens (primary N) is 2. The van der Waals surface area contributed by atoms with Crippen LogP contribution in [0.15, 0.2) is 54.3 Å². The molecule has 0 saturated carbocycles. The highest BCUT2D eigenvalue weighted by Gasteiger charge is 2.50. The van der Waals surface area contributed by atoms with Crippen molar-refractivity contribution >= 4 is 97.0 Å². The zero-order valence-electron chi connectivity index (χ0n) is 44.7. The van der Waals surface area contributed by atoms with E-state index in [9.17, 15) is 48.3 Å². The van der Waals surface area contributed by atoms with Crippen LogP contribution in [0, 0.1) is 5.41 Å². The average molecular weight is 1220 g/mol. The molecular formula is C45H66N14O18P2S2. The lowest BCUT2D eigenvalue weighted by molar-refractivity contribution is -0.159. The van der Waals surface area contributed by atoms with E-state index in [2.05, 4.69) is 40.9 Å². The summed E-state index contributed by atoms with van der Waals surface area (Å²) in [5.41, 5.74) is 20.2. The topological polar surface area (TPSA) is 465 Å². The zero-order valence-corrected chi connectivity index (χ0v) is 48.1. The molecule has 36 heteroatoms. The number of nitrogen functional groups attached to an aromatic ring is 1. The van der Waals surface area contributed by atoms with Crippen LogP contribution in [0.2, 0.25) is 0 Å². The van der Waals surface area contributed by atoms with Gasteiger partial charge in [0.2, 0.25) is 12.3 Å². The molecule has 0 radical (unpaired) electrons. The highest BCUT2D eigenvalue weighted by atomic mass is 33.1. The number of anilines is 1. The number of amidine groups is 1. The Bertz CT molecular complexity index is 2770. The molecule has 2 aromatic heterocycles. The highest BCUT2D eigenvalue weighted by Crippen LogP contribution is 2.49. The van der Waals surface area contributed by atoms with Crippen LogP contribution in [0.1, 0.15) is 79.0 Å². The van der Waals surface area contributed by atoms with Gasteiger partial charge >= 0.3 is 34.6 Å². The molecule has 1 unspecified atom stereocenters. The summed E-state index contributed by atoms with van der Waals surface area (Å²) in [7, 11) is -5.31. The number of benzene rings is 1. The number of unbranched alkanes of at least 4 members (excludes halogenated alkanes) is 1. The second kappa shape index (κ2) is 30.4. The second-order valence-electron chi connectivity index (χ2n) is 19.8. The number of rotatable bonds is 29. The predicted octanol–water partition coefficient (Wildman–Crippen LogP) is 3.93. The number of esters is 1. The van der Waals surface area contributed by atoms with E-state index in [1.807, 2.05) is 20.8 Å². The Kier molecular flexibility index (Phi) is 24.7. The van der Waals surface area contributed by atoms with Crippen molar-refractivity contribution in [3.63, 3.8) is 0 Å². The quantitative estimate of drug-likeness (QED) is 0.00402. The van der Waals surface area contributed by atoms with Gasteiger partial charge in [0.25, 0.3) is 0 Å². The van der Waals surface area contributed by atoms with Crippen molar-refractivity contribution in [3.05, 3.63) is 65.2 Å². The number of phosphoric ester groups is 1. The van der Waals surface area contributed by atoms with Crippen molar-refractivity contribution < 1.29 is 85.6 Å². The first kappa shape index (κ1) is 65.8. The van der Waals surface area contributed by atoms with Crippen LogP contribution in [-0.4, -0.2) is 165 Å². The molecule has 1 aromatic carbocycles.